The van der Waals surface area contributed by atoms with Crippen LogP contribution in [0, 0.1) is 6.92 Å². The van der Waals surface area contributed by atoms with Crippen molar-refractivity contribution in [2.24, 2.45) is 0 Å². The SMILES string of the molecule is CCNC(CCCC(F)(F)F)c1ccoc1C. The van der Waals surface area contributed by atoms with Crippen molar-refractivity contribution in [3.05, 3.63) is 23.7 Å². The van der Waals surface area contributed by atoms with E-state index in [-0.39, 0.29) is 12.5 Å². The molecule has 1 aromatic heterocycles. The maximum absolute atomic E-state index is 12.1. The van der Waals surface area contributed by atoms with Crippen LogP contribution in [-0.4, -0.2) is 12.7 Å². The molecule has 1 unspecified atom stereocenters. The van der Waals surface area contributed by atoms with Gasteiger partial charge in [-0.1, -0.05) is 6.92 Å². The largest absolute Gasteiger partial charge is 0.469 e. The number of hydrogen-bond acceptors (Lipinski definition) is 2. The molecule has 5 heteroatoms. The summed E-state index contributed by atoms with van der Waals surface area (Å²) in [5.74, 6) is 0.767. The van der Waals surface area contributed by atoms with Crippen molar-refractivity contribution in [3.8, 4) is 0 Å². The van der Waals surface area contributed by atoms with Gasteiger partial charge in [-0.2, -0.15) is 13.2 Å². The van der Waals surface area contributed by atoms with E-state index < -0.39 is 12.6 Å². The average molecular weight is 249 g/mol. The van der Waals surface area contributed by atoms with Crippen LogP contribution in [-0.2, 0) is 0 Å². The third-order valence-electron chi connectivity index (χ3n) is 2.68. The van der Waals surface area contributed by atoms with Crippen LogP contribution in [0.3, 0.4) is 0 Å². The van der Waals surface area contributed by atoms with Crippen molar-refractivity contribution < 1.29 is 17.6 Å². The molecule has 1 atom stereocenters. The molecule has 1 rings (SSSR count). The monoisotopic (exact) mass is 249 g/mol. The van der Waals surface area contributed by atoms with Gasteiger partial charge in [-0.3, -0.25) is 0 Å². The Balaban J connectivity index is 2.53. The number of aryl methyl sites for hydroxylation is 1. The quantitative estimate of drug-likeness (QED) is 0.825. The first-order valence-electron chi connectivity index (χ1n) is 5.78. The lowest BCUT2D eigenvalue weighted by atomic mass is 10.0. The Hall–Kier alpha value is -0.970. The Bertz CT molecular complexity index is 333. The zero-order valence-electron chi connectivity index (χ0n) is 10.1. The van der Waals surface area contributed by atoms with Crippen molar-refractivity contribution in [3.63, 3.8) is 0 Å². The Morgan fingerprint density at radius 1 is 1.41 bits per heavy atom. The second-order valence-electron chi connectivity index (χ2n) is 4.05. The second kappa shape index (κ2) is 6.10. The van der Waals surface area contributed by atoms with E-state index in [9.17, 15) is 13.2 Å². The molecule has 0 aliphatic heterocycles. The van der Waals surface area contributed by atoms with Gasteiger partial charge in [0.15, 0.2) is 0 Å². The smallest absolute Gasteiger partial charge is 0.389 e. The lowest BCUT2D eigenvalue weighted by Gasteiger charge is -2.17. The van der Waals surface area contributed by atoms with Crippen LogP contribution in [0.2, 0.25) is 0 Å². The predicted octanol–water partition coefficient (Wildman–Crippen LogP) is 3.97. The second-order valence-corrected chi connectivity index (χ2v) is 4.05. The number of rotatable bonds is 6. The minimum absolute atomic E-state index is 0.0545. The number of alkyl halides is 3. The van der Waals surface area contributed by atoms with Gasteiger partial charge < -0.3 is 9.73 Å². The molecule has 1 N–H and O–H groups in total. The molecule has 0 amide bonds. The van der Waals surface area contributed by atoms with Crippen LogP contribution < -0.4 is 5.32 Å². The third-order valence-corrected chi connectivity index (χ3v) is 2.68. The average Bonchev–Trinajstić information content (AvgIpc) is 2.61. The summed E-state index contributed by atoms with van der Waals surface area (Å²) < 4.78 is 41.4. The van der Waals surface area contributed by atoms with E-state index in [2.05, 4.69) is 5.32 Å². The molecule has 0 fully saturated rings. The van der Waals surface area contributed by atoms with Gasteiger partial charge in [0, 0.05) is 18.0 Å². The van der Waals surface area contributed by atoms with E-state index in [4.69, 9.17) is 4.42 Å². The van der Waals surface area contributed by atoms with E-state index in [0.717, 1.165) is 17.9 Å². The van der Waals surface area contributed by atoms with Crippen molar-refractivity contribution in [2.45, 2.75) is 45.3 Å². The Labute approximate surface area is 99.2 Å². The molecule has 0 aliphatic carbocycles. The van der Waals surface area contributed by atoms with E-state index >= 15 is 0 Å². The van der Waals surface area contributed by atoms with Gasteiger partial charge in [0.2, 0.25) is 0 Å². The fourth-order valence-corrected chi connectivity index (χ4v) is 1.88. The molecule has 0 aliphatic rings. The molecule has 0 radical (unpaired) electrons. The molecular weight excluding hydrogens is 231 g/mol. The minimum Gasteiger partial charge on any atom is -0.469 e. The normalized spacial score (nSPS) is 13.9. The summed E-state index contributed by atoms with van der Waals surface area (Å²) in [5.41, 5.74) is 0.953. The minimum atomic E-state index is -4.07. The van der Waals surface area contributed by atoms with Gasteiger partial charge >= 0.3 is 6.18 Å². The van der Waals surface area contributed by atoms with E-state index in [0.29, 0.717) is 6.42 Å². The van der Waals surface area contributed by atoms with Crippen molar-refractivity contribution in [2.75, 3.05) is 6.54 Å². The summed E-state index contributed by atoms with van der Waals surface area (Å²) in [5, 5.41) is 3.18. The summed E-state index contributed by atoms with van der Waals surface area (Å²) in [4.78, 5) is 0. The zero-order chi connectivity index (χ0) is 12.9. The summed E-state index contributed by atoms with van der Waals surface area (Å²) >= 11 is 0. The highest BCUT2D eigenvalue weighted by atomic mass is 19.4. The standard InChI is InChI=1S/C12H18F3NO/c1-3-16-11(5-4-7-12(13,14)15)10-6-8-17-9(10)2/h6,8,11,16H,3-5,7H2,1-2H3. The van der Waals surface area contributed by atoms with Crippen LogP contribution in [0.25, 0.3) is 0 Å². The topological polar surface area (TPSA) is 25.2 Å². The Morgan fingerprint density at radius 3 is 2.59 bits per heavy atom. The van der Waals surface area contributed by atoms with Crippen LogP contribution >= 0.6 is 0 Å². The van der Waals surface area contributed by atoms with Gasteiger partial charge in [0.1, 0.15) is 5.76 Å². The fraction of sp³-hybridized carbons (Fsp3) is 0.667. The molecular formula is C12H18F3NO. The van der Waals surface area contributed by atoms with Crippen LogP contribution in [0.1, 0.15) is 43.6 Å². The number of hydrogen-bond donors (Lipinski definition) is 1. The molecule has 98 valence electrons. The molecule has 17 heavy (non-hydrogen) atoms. The highest BCUT2D eigenvalue weighted by Gasteiger charge is 2.27. The molecule has 1 aromatic rings. The summed E-state index contributed by atoms with van der Waals surface area (Å²) in [6.07, 6.45) is -2.63. The molecule has 0 aromatic carbocycles. The summed E-state index contributed by atoms with van der Waals surface area (Å²) in [6, 6.07) is 1.76. The first-order chi connectivity index (χ1) is 7.94. The maximum atomic E-state index is 12.1. The highest BCUT2D eigenvalue weighted by Crippen LogP contribution is 2.27. The van der Waals surface area contributed by atoms with Gasteiger partial charge in [-0.05, 0) is 32.4 Å². The van der Waals surface area contributed by atoms with Crippen LogP contribution in [0.15, 0.2) is 16.7 Å². The predicted molar refractivity (Wildman–Crippen MR) is 59.8 cm³/mol. The van der Waals surface area contributed by atoms with Crippen LogP contribution in [0.4, 0.5) is 13.2 Å². The van der Waals surface area contributed by atoms with Crippen molar-refractivity contribution in [1.29, 1.82) is 0 Å². The van der Waals surface area contributed by atoms with Gasteiger partial charge in [0.05, 0.1) is 6.26 Å². The number of halogens is 3. The first-order valence-corrected chi connectivity index (χ1v) is 5.78. The Kier molecular flexibility index (Phi) is 5.05. The maximum Gasteiger partial charge on any atom is 0.389 e. The Morgan fingerprint density at radius 2 is 2.12 bits per heavy atom. The highest BCUT2D eigenvalue weighted by molar-refractivity contribution is 5.20. The summed E-state index contributed by atoms with van der Waals surface area (Å²) in [6.45, 7) is 4.48. The van der Waals surface area contributed by atoms with E-state index in [1.165, 1.54) is 0 Å². The number of furan rings is 1. The lowest BCUT2D eigenvalue weighted by Crippen LogP contribution is -2.21. The lowest BCUT2D eigenvalue weighted by molar-refractivity contribution is -0.135. The summed E-state index contributed by atoms with van der Waals surface area (Å²) in [7, 11) is 0. The van der Waals surface area contributed by atoms with Gasteiger partial charge in [-0.25, -0.2) is 0 Å². The van der Waals surface area contributed by atoms with Crippen LogP contribution in [0.5, 0.6) is 0 Å². The molecule has 2 nitrogen and oxygen atoms in total. The molecule has 0 saturated carbocycles. The van der Waals surface area contributed by atoms with Crippen molar-refractivity contribution in [1.82, 2.24) is 5.32 Å². The zero-order valence-corrected chi connectivity index (χ0v) is 10.1. The van der Waals surface area contributed by atoms with E-state index in [1.54, 1.807) is 6.26 Å². The molecule has 1 heterocycles. The van der Waals surface area contributed by atoms with Gasteiger partial charge in [0.25, 0.3) is 0 Å². The van der Waals surface area contributed by atoms with Gasteiger partial charge in [-0.15, -0.1) is 0 Å². The molecule has 0 bridgehead atoms. The fourth-order valence-electron chi connectivity index (χ4n) is 1.88. The van der Waals surface area contributed by atoms with E-state index in [1.807, 2.05) is 19.9 Å². The number of nitrogens with one attached hydrogen (secondary N) is 1. The molecule has 0 saturated heterocycles. The first kappa shape index (κ1) is 14.1. The third kappa shape index (κ3) is 4.81. The molecule has 0 spiro atoms. The van der Waals surface area contributed by atoms with Crippen molar-refractivity contribution >= 4 is 0 Å².